The number of nitrogens with one attached hydrogen (secondary N) is 1. The minimum atomic E-state index is -0.551. The summed E-state index contributed by atoms with van der Waals surface area (Å²) >= 11 is 7.32. The van der Waals surface area contributed by atoms with Crippen LogP contribution in [0.25, 0.3) is 0 Å². The van der Waals surface area contributed by atoms with E-state index in [4.69, 9.17) is 17.3 Å². The van der Waals surface area contributed by atoms with Crippen LogP contribution >= 0.6 is 23.4 Å². The van der Waals surface area contributed by atoms with E-state index in [1.807, 2.05) is 18.2 Å². The molecule has 2 rings (SSSR count). The third-order valence-electron chi connectivity index (χ3n) is 2.82. The van der Waals surface area contributed by atoms with Crippen LogP contribution in [0.15, 0.2) is 34.2 Å². The van der Waals surface area contributed by atoms with Crippen molar-refractivity contribution in [3.63, 3.8) is 0 Å². The van der Waals surface area contributed by atoms with Crippen molar-refractivity contribution in [2.45, 2.75) is 24.3 Å². The number of primary amides is 1. The first-order valence-corrected chi connectivity index (χ1v) is 7.57. The second-order valence-corrected chi connectivity index (χ2v) is 5.90. The number of hydrogen-bond donors (Lipinski definition) is 2. The Morgan fingerprint density at radius 2 is 2.24 bits per heavy atom. The number of aromatic amines is 1. The number of carbonyl (C=O) groups is 1. The van der Waals surface area contributed by atoms with E-state index in [2.05, 4.69) is 9.97 Å². The molecule has 0 atom stereocenters. The van der Waals surface area contributed by atoms with Gasteiger partial charge in [-0.25, -0.2) is 4.98 Å². The van der Waals surface area contributed by atoms with Crippen molar-refractivity contribution < 1.29 is 4.79 Å². The number of benzene rings is 1. The van der Waals surface area contributed by atoms with Crippen LogP contribution in [0.4, 0.5) is 0 Å². The van der Waals surface area contributed by atoms with Crippen LogP contribution in [0, 0.1) is 6.92 Å². The number of rotatable bonds is 5. The SMILES string of the molecule is Cc1nc(SCc2cccc(Cl)c2)[nH]c(=O)c1CC(N)=O. The summed E-state index contributed by atoms with van der Waals surface area (Å²) in [6.45, 7) is 1.69. The highest BCUT2D eigenvalue weighted by Crippen LogP contribution is 2.21. The first-order valence-electron chi connectivity index (χ1n) is 6.21. The van der Waals surface area contributed by atoms with Crippen LogP contribution in [0.2, 0.25) is 5.02 Å². The first-order chi connectivity index (χ1) is 9.95. The number of H-pyrrole nitrogens is 1. The highest BCUT2D eigenvalue weighted by Gasteiger charge is 2.11. The number of aromatic nitrogens is 2. The highest BCUT2D eigenvalue weighted by atomic mass is 35.5. The van der Waals surface area contributed by atoms with Gasteiger partial charge in [0.15, 0.2) is 5.16 Å². The van der Waals surface area contributed by atoms with Gasteiger partial charge in [0.2, 0.25) is 5.91 Å². The van der Waals surface area contributed by atoms with Crippen LogP contribution < -0.4 is 11.3 Å². The van der Waals surface area contributed by atoms with Gasteiger partial charge in [-0.2, -0.15) is 0 Å². The van der Waals surface area contributed by atoms with Crippen LogP contribution in [0.1, 0.15) is 16.8 Å². The number of thioether (sulfide) groups is 1. The van der Waals surface area contributed by atoms with E-state index >= 15 is 0 Å². The molecule has 0 radical (unpaired) electrons. The van der Waals surface area contributed by atoms with Gasteiger partial charge in [-0.05, 0) is 24.6 Å². The fraction of sp³-hybridized carbons (Fsp3) is 0.214. The standard InChI is InChI=1S/C14H14ClN3O2S/c1-8-11(6-12(16)19)13(20)18-14(17-8)21-7-9-3-2-4-10(15)5-9/h2-5H,6-7H2,1H3,(H2,16,19)(H,17,18,20). The number of carbonyl (C=O) groups excluding carboxylic acids is 1. The molecule has 1 amide bonds. The Kier molecular flexibility index (Phi) is 5.03. The zero-order chi connectivity index (χ0) is 15.4. The van der Waals surface area contributed by atoms with Crippen LogP contribution in [-0.4, -0.2) is 15.9 Å². The predicted octanol–water partition coefficient (Wildman–Crippen LogP) is 2.05. The number of aryl methyl sites for hydroxylation is 1. The molecule has 0 unspecified atom stereocenters. The van der Waals surface area contributed by atoms with Gasteiger partial charge < -0.3 is 10.7 Å². The summed E-state index contributed by atoms with van der Waals surface area (Å²) in [4.78, 5) is 29.8. The summed E-state index contributed by atoms with van der Waals surface area (Å²) < 4.78 is 0. The quantitative estimate of drug-likeness (QED) is 0.651. The van der Waals surface area contributed by atoms with Gasteiger partial charge in [0.05, 0.1) is 6.42 Å². The maximum Gasteiger partial charge on any atom is 0.255 e. The topological polar surface area (TPSA) is 88.8 Å². The predicted molar refractivity (Wildman–Crippen MR) is 83.5 cm³/mol. The van der Waals surface area contributed by atoms with E-state index in [9.17, 15) is 9.59 Å². The molecule has 110 valence electrons. The molecule has 1 aromatic carbocycles. The Hall–Kier alpha value is -1.79. The van der Waals surface area contributed by atoms with Crippen molar-refractivity contribution >= 4 is 29.3 Å². The molecule has 5 nitrogen and oxygen atoms in total. The third-order valence-corrected chi connectivity index (χ3v) is 4.00. The molecule has 0 bridgehead atoms. The number of nitrogens with zero attached hydrogens (tertiary/aromatic N) is 1. The summed E-state index contributed by atoms with van der Waals surface area (Å²) in [5.74, 6) is 0.0858. The first kappa shape index (κ1) is 15.6. The number of nitrogens with two attached hydrogens (primary N) is 1. The Morgan fingerprint density at radius 1 is 1.48 bits per heavy atom. The summed E-state index contributed by atoms with van der Waals surface area (Å²) in [7, 11) is 0. The lowest BCUT2D eigenvalue weighted by Crippen LogP contribution is -2.23. The van der Waals surface area contributed by atoms with Gasteiger partial charge in [-0.1, -0.05) is 35.5 Å². The minimum Gasteiger partial charge on any atom is -0.369 e. The van der Waals surface area contributed by atoms with E-state index in [1.165, 1.54) is 11.8 Å². The Bertz CT molecular complexity index is 730. The normalized spacial score (nSPS) is 10.6. The lowest BCUT2D eigenvalue weighted by Gasteiger charge is -2.06. The summed E-state index contributed by atoms with van der Waals surface area (Å²) in [5.41, 5.74) is 6.66. The average Bonchev–Trinajstić information content (AvgIpc) is 2.40. The fourth-order valence-electron chi connectivity index (χ4n) is 1.81. The molecule has 1 aromatic heterocycles. The third kappa shape index (κ3) is 4.34. The molecule has 21 heavy (non-hydrogen) atoms. The molecule has 0 aliphatic heterocycles. The van der Waals surface area contributed by atoms with Crippen molar-refractivity contribution in [1.29, 1.82) is 0 Å². The lowest BCUT2D eigenvalue weighted by atomic mass is 10.2. The zero-order valence-electron chi connectivity index (χ0n) is 11.4. The molecule has 2 aromatic rings. The van der Waals surface area contributed by atoms with E-state index < -0.39 is 5.91 Å². The molecule has 0 aliphatic carbocycles. The second kappa shape index (κ2) is 6.78. The Balaban J connectivity index is 2.15. The van der Waals surface area contributed by atoms with Crippen LogP contribution in [-0.2, 0) is 17.0 Å². The number of amides is 1. The van der Waals surface area contributed by atoms with Crippen molar-refractivity contribution in [3.8, 4) is 0 Å². The van der Waals surface area contributed by atoms with E-state index in [1.54, 1.807) is 13.0 Å². The van der Waals surface area contributed by atoms with Crippen LogP contribution in [0.5, 0.6) is 0 Å². The van der Waals surface area contributed by atoms with Crippen LogP contribution in [0.3, 0.4) is 0 Å². The van der Waals surface area contributed by atoms with Gasteiger partial charge in [0, 0.05) is 22.0 Å². The largest absolute Gasteiger partial charge is 0.369 e. The molecular formula is C14H14ClN3O2S. The molecular weight excluding hydrogens is 310 g/mol. The monoisotopic (exact) mass is 323 g/mol. The van der Waals surface area contributed by atoms with Crippen molar-refractivity contribution in [1.82, 2.24) is 9.97 Å². The van der Waals surface area contributed by atoms with Gasteiger partial charge in [0.25, 0.3) is 5.56 Å². The molecule has 0 spiro atoms. The lowest BCUT2D eigenvalue weighted by molar-refractivity contribution is -0.117. The Morgan fingerprint density at radius 3 is 2.86 bits per heavy atom. The molecule has 0 fully saturated rings. The summed E-state index contributed by atoms with van der Waals surface area (Å²) in [6.07, 6.45) is -0.104. The Labute approximate surface area is 130 Å². The smallest absolute Gasteiger partial charge is 0.255 e. The molecule has 0 saturated carbocycles. The minimum absolute atomic E-state index is 0.104. The van der Waals surface area contributed by atoms with Gasteiger partial charge >= 0.3 is 0 Å². The van der Waals surface area contributed by atoms with Gasteiger partial charge in [-0.3, -0.25) is 9.59 Å². The maximum atomic E-state index is 11.9. The number of halogens is 1. The summed E-state index contributed by atoms with van der Waals surface area (Å²) in [6, 6.07) is 7.49. The molecule has 7 heteroatoms. The highest BCUT2D eigenvalue weighted by molar-refractivity contribution is 7.98. The van der Waals surface area contributed by atoms with Crippen molar-refractivity contribution in [2.75, 3.05) is 0 Å². The van der Waals surface area contributed by atoms with E-state index in [0.717, 1.165) is 5.56 Å². The van der Waals surface area contributed by atoms with E-state index in [-0.39, 0.29) is 12.0 Å². The molecule has 3 N–H and O–H groups in total. The number of hydrogen-bond acceptors (Lipinski definition) is 4. The maximum absolute atomic E-state index is 11.9. The second-order valence-electron chi connectivity index (χ2n) is 4.50. The fourth-order valence-corrected chi connectivity index (χ4v) is 2.88. The van der Waals surface area contributed by atoms with Crippen molar-refractivity contribution in [3.05, 3.63) is 56.5 Å². The van der Waals surface area contributed by atoms with Crippen molar-refractivity contribution in [2.24, 2.45) is 5.73 Å². The molecule has 1 heterocycles. The molecule has 0 saturated heterocycles. The van der Waals surface area contributed by atoms with Gasteiger partial charge in [0.1, 0.15) is 0 Å². The average molecular weight is 324 g/mol. The van der Waals surface area contributed by atoms with E-state index in [0.29, 0.717) is 27.2 Å². The van der Waals surface area contributed by atoms with Gasteiger partial charge in [-0.15, -0.1) is 0 Å². The molecule has 0 aliphatic rings. The zero-order valence-corrected chi connectivity index (χ0v) is 12.9. The summed E-state index contributed by atoms with van der Waals surface area (Å²) in [5, 5.41) is 1.17.